The van der Waals surface area contributed by atoms with Crippen molar-refractivity contribution < 1.29 is 36.6 Å². The van der Waals surface area contributed by atoms with Gasteiger partial charge in [0, 0.05) is 5.56 Å². The predicted molar refractivity (Wildman–Crippen MR) is 76.2 cm³/mol. The molecule has 1 rings (SSSR count). The topological polar surface area (TPSA) is 40.5 Å². The molecule has 24 heavy (non-hydrogen) atoms. The average Bonchev–Trinajstić information content (AvgIpc) is 2.49. The molecule has 138 valence electrons. The van der Waals surface area contributed by atoms with Crippen LogP contribution in [-0.4, -0.2) is 22.6 Å². The summed E-state index contributed by atoms with van der Waals surface area (Å²) in [6.45, 7) is 3.57. The molecule has 2 nitrogen and oxygen atoms in total. The van der Waals surface area contributed by atoms with Crippen molar-refractivity contribution in [2.75, 3.05) is 0 Å². The lowest BCUT2D eigenvalue weighted by Crippen LogP contribution is -2.53. The number of alkyl halides is 6. The number of halogens is 6. The second-order valence-electron chi connectivity index (χ2n) is 5.77. The van der Waals surface area contributed by atoms with Gasteiger partial charge in [-0.15, -0.1) is 0 Å². The van der Waals surface area contributed by atoms with E-state index in [4.69, 9.17) is 0 Å². The van der Waals surface area contributed by atoms with E-state index in [0.717, 1.165) is 18.6 Å². The largest absolute Gasteiger partial charge is 0.430 e. The van der Waals surface area contributed by atoms with E-state index in [9.17, 15) is 36.6 Å². The van der Waals surface area contributed by atoms with Crippen LogP contribution >= 0.6 is 0 Å². The first-order valence-corrected chi connectivity index (χ1v) is 7.52. The van der Waals surface area contributed by atoms with E-state index in [1.54, 1.807) is 6.92 Å². The smallest absolute Gasteiger partial charge is 0.385 e. The number of benzene rings is 1. The van der Waals surface area contributed by atoms with Gasteiger partial charge in [-0.25, -0.2) is 0 Å². The lowest BCUT2D eigenvalue weighted by molar-refractivity contribution is -0.376. The van der Waals surface area contributed by atoms with Gasteiger partial charge in [-0.3, -0.25) is 0 Å². The maximum absolute atomic E-state index is 12.8. The molecule has 1 unspecified atom stereocenters. The molecule has 0 bridgehead atoms. The van der Waals surface area contributed by atoms with E-state index >= 15 is 0 Å². The Balaban J connectivity index is 3.31. The van der Waals surface area contributed by atoms with Crippen LogP contribution < -0.4 is 0 Å². The predicted octanol–water partition coefficient (Wildman–Crippen LogP) is 4.79. The number of hydrogen-bond acceptors (Lipinski definition) is 2. The van der Waals surface area contributed by atoms with Crippen LogP contribution in [0, 0.1) is 0 Å². The molecule has 8 heteroatoms. The van der Waals surface area contributed by atoms with Crippen LogP contribution in [0.4, 0.5) is 26.3 Å². The van der Waals surface area contributed by atoms with Crippen LogP contribution in [-0.2, 0) is 11.2 Å². The Kier molecular flexibility index (Phi) is 5.98. The summed E-state index contributed by atoms with van der Waals surface area (Å²) in [6.07, 6.45) is -9.81. The van der Waals surface area contributed by atoms with Crippen molar-refractivity contribution in [3.8, 4) is 0 Å². The van der Waals surface area contributed by atoms with Gasteiger partial charge < -0.3 is 10.2 Å². The van der Waals surface area contributed by atoms with Crippen LogP contribution in [0.25, 0.3) is 0 Å². The summed E-state index contributed by atoms with van der Waals surface area (Å²) in [5.74, 6) is 0. The molecule has 0 spiro atoms. The molecule has 0 aliphatic heterocycles. The van der Waals surface area contributed by atoms with Gasteiger partial charge >= 0.3 is 12.4 Å². The summed E-state index contributed by atoms with van der Waals surface area (Å²) >= 11 is 0. The van der Waals surface area contributed by atoms with Crippen LogP contribution in [0.5, 0.6) is 0 Å². The van der Waals surface area contributed by atoms with Gasteiger partial charge in [0.1, 0.15) is 0 Å². The van der Waals surface area contributed by atoms with Crippen molar-refractivity contribution in [1.29, 1.82) is 0 Å². The Bertz CT molecular complexity index is 521. The van der Waals surface area contributed by atoms with Gasteiger partial charge in [-0.2, -0.15) is 26.3 Å². The Labute approximate surface area is 136 Å². The maximum Gasteiger partial charge on any atom is 0.430 e. The lowest BCUT2D eigenvalue weighted by atomic mass is 9.84. The summed E-state index contributed by atoms with van der Waals surface area (Å²) in [6, 6.07) is 3.11. The molecule has 0 heterocycles. The van der Waals surface area contributed by atoms with Gasteiger partial charge in [0.2, 0.25) is 0 Å². The van der Waals surface area contributed by atoms with Crippen molar-refractivity contribution in [2.45, 2.75) is 63.1 Å². The van der Waals surface area contributed by atoms with Crippen LogP contribution in [0.2, 0.25) is 0 Å². The van der Waals surface area contributed by atoms with E-state index in [0.29, 0.717) is 25.0 Å². The SMILES string of the molecule is CCCCC(O)(CC)c1ccc(C(O)(C(F)(F)F)C(F)(F)F)cc1. The van der Waals surface area contributed by atoms with Gasteiger partial charge in [-0.05, 0) is 18.4 Å². The summed E-state index contributed by atoms with van der Waals surface area (Å²) in [4.78, 5) is 0. The minimum Gasteiger partial charge on any atom is -0.385 e. The molecule has 1 atom stereocenters. The first kappa shape index (κ1) is 20.8. The number of unbranched alkanes of at least 4 members (excludes halogenated alkanes) is 1. The number of aliphatic hydroxyl groups is 2. The van der Waals surface area contributed by atoms with Crippen molar-refractivity contribution >= 4 is 0 Å². The zero-order valence-corrected chi connectivity index (χ0v) is 13.3. The zero-order chi connectivity index (χ0) is 18.8. The molecular formula is C16H20F6O2. The fraction of sp³-hybridized carbons (Fsp3) is 0.625. The quantitative estimate of drug-likeness (QED) is 0.718. The fourth-order valence-corrected chi connectivity index (χ4v) is 2.50. The first-order valence-electron chi connectivity index (χ1n) is 7.52. The maximum atomic E-state index is 12.8. The van der Waals surface area contributed by atoms with E-state index in [1.807, 2.05) is 6.92 Å². The Hall–Kier alpha value is -1.28. The molecule has 1 aromatic carbocycles. The molecule has 1 aromatic rings. The average molecular weight is 358 g/mol. The first-order chi connectivity index (χ1) is 10.8. The minimum absolute atomic E-state index is 0.217. The molecule has 0 aromatic heterocycles. The van der Waals surface area contributed by atoms with Gasteiger partial charge in [0.25, 0.3) is 5.60 Å². The Morgan fingerprint density at radius 2 is 1.21 bits per heavy atom. The molecule has 0 saturated heterocycles. The normalized spacial score (nSPS) is 16.1. The molecule has 2 N–H and O–H groups in total. The molecular weight excluding hydrogens is 338 g/mol. The second-order valence-corrected chi connectivity index (χ2v) is 5.77. The monoisotopic (exact) mass is 358 g/mol. The van der Waals surface area contributed by atoms with Gasteiger partial charge in [-0.1, -0.05) is 51.0 Å². The van der Waals surface area contributed by atoms with Crippen molar-refractivity contribution in [2.24, 2.45) is 0 Å². The Morgan fingerprint density at radius 3 is 1.54 bits per heavy atom. The Morgan fingerprint density at radius 1 is 0.792 bits per heavy atom. The van der Waals surface area contributed by atoms with E-state index in [-0.39, 0.29) is 12.0 Å². The van der Waals surface area contributed by atoms with Crippen LogP contribution in [0.15, 0.2) is 24.3 Å². The highest BCUT2D eigenvalue weighted by atomic mass is 19.4. The van der Waals surface area contributed by atoms with Gasteiger partial charge in [0.15, 0.2) is 0 Å². The molecule has 0 fully saturated rings. The highest BCUT2D eigenvalue weighted by Gasteiger charge is 2.71. The standard InChI is InChI=1S/C16H20F6O2/c1-3-5-10-13(23,4-2)11-6-8-12(9-7-11)14(24,15(17,18)19)16(20,21)22/h6-9,23-24H,3-5,10H2,1-2H3. The van der Waals surface area contributed by atoms with Crippen LogP contribution in [0.1, 0.15) is 50.7 Å². The molecule has 0 aliphatic rings. The molecule has 0 saturated carbocycles. The van der Waals surface area contributed by atoms with Crippen LogP contribution in [0.3, 0.4) is 0 Å². The van der Waals surface area contributed by atoms with Crippen molar-refractivity contribution in [3.05, 3.63) is 35.4 Å². The summed E-state index contributed by atoms with van der Waals surface area (Å²) in [5, 5.41) is 19.9. The highest BCUT2D eigenvalue weighted by molar-refractivity contribution is 5.32. The van der Waals surface area contributed by atoms with Crippen molar-refractivity contribution in [3.63, 3.8) is 0 Å². The summed E-state index contributed by atoms with van der Waals surface area (Å²) in [7, 11) is 0. The molecule has 0 radical (unpaired) electrons. The van der Waals surface area contributed by atoms with E-state index in [1.165, 1.54) is 0 Å². The zero-order valence-electron chi connectivity index (χ0n) is 13.3. The van der Waals surface area contributed by atoms with E-state index < -0.39 is 29.1 Å². The minimum atomic E-state index is -5.92. The number of rotatable bonds is 6. The lowest BCUT2D eigenvalue weighted by Gasteiger charge is -2.33. The third-order valence-corrected chi connectivity index (χ3v) is 4.19. The highest BCUT2D eigenvalue weighted by Crippen LogP contribution is 2.50. The third-order valence-electron chi connectivity index (χ3n) is 4.19. The molecule has 0 aliphatic carbocycles. The van der Waals surface area contributed by atoms with Crippen molar-refractivity contribution in [1.82, 2.24) is 0 Å². The number of hydrogen-bond donors (Lipinski definition) is 2. The second kappa shape index (κ2) is 6.92. The third kappa shape index (κ3) is 3.69. The van der Waals surface area contributed by atoms with Gasteiger partial charge in [0.05, 0.1) is 5.60 Å². The summed E-state index contributed by atoms with van der Waals surface area (Å²) in [5.41, 5.74) is -7.40. The molecule has 0 amide bonds. The van der Waals surface area contributed by atoms with E-state index in [2.05, 4.69) is 0 Å². The summed E-state index contributed by atoms with van der Waals surface area (Å²) < 4.78 is 77.0. The fourth-order valence-electron chi connectivity index (χ4n) is 2.50.